The van der Waals surface area contributed by atoms with Gasteiger partial charge in [-0.3, -0.25) is 15.3 Å². The van der Waals surface area contributed by atoms with Crippen molar-refractivity contribution < 1.29 is 15.3 Å². The molecule has 0 spiro atoms. The van der Waals surface area contributed by atoms with Crippen LogP contribution in [0.2, 0.25) is 0 Å². The van der Waals surface area contributed by atoms with Gasteiger partial charge in [0.1, 0.15) is 0 Å². The van der Waals surface area contributed by atoms with E-state index >= 15 is 0 Å². The van der Waals surface area contributed by atoms with Crippen LogP contribution in [0, 0.1) is 0 Å². The highest BCUT2D eigenvalue weighted by Gasteiger charge is 2.18. The first-order chi connectivity index (χ1) is 15.1. The second-order valence-corrected chi connectivity index (χ2v) is 6.88. The third kappa shape index (κ3) is 4.19. The summed E-state index contributed by atoms with van der Waals surface area (Å²) >= 11 is 0. The zero-order chi connectivity index (χ0) is 21.8. The number of benzene rings is 3. The summed E-state index contributed by atoms with van der Waals surface area (Å²) in [5.41, 5.74) is 9.43. The molecule has 4 rings (SSSR count). The fourth-order valence-electron chi connectivity index (χ4n) is 3.29. The molecule has 0 radical (unpaired) electrons. The molecule has 1 aromatic heterocycles. The van der Waals surface area contributed by atoms with Crippen LogP contribution in [-0.2, 0) is 4.79 Å². The number of nitrogens with two attached hydrogens (primary N) is 2. The van der Waals surface area contributed by atoms with Gasteiger partial charge in [-0.25, -0.2) is 0 Å². The van der Waals surface area contributed by atoms with Crippen molar-refractivity contribution in [3.63, 3.8) is 0 Å². The predicted octanol–water partition coefficient (Wildman–Crippen LogP) is 1.39. The Labute approximate surface area is 178 Å². The highest BCUT2D eigenvalue weighted by atomic mass is 16.3. The van der Waals surface area contributed by atoms with Gasteiger partial charge in [0.15, 0.2) is 6.10 Å². The normalized spacial score (nSPS) is 12.2. The lowest BCUT2D eigenvalue weighted by Crippen LogP contribution is -2.39. The maximum Gasteiger partial charge on any atom is 0.323 e. The molecule has 1 amide bonds. The molecule has 154 valence electrons. The van der Waals surface area contributed by atoms with E-state index < -0.39 is 12.0 Å². The third-order valence-electron chi connectivity index (χ3n) is 4.84. The quantitative estimate of drug-likeness (QED) is 0.249. The van der Waals surface area contributed by atoms with Crippen LogP contribution in [0.5, 0.6) is 0 Å². The summed E-state index contributed by atoms with van der Waals surface area (Å²) < 4.78 is 0. The number of nitrogens with zero attached hydrogens (tertiary/aromatic N) is 2. The molecule has 8 nitrogen and oxygen atoms in total. The lowest BCUT2D eigenvalue weighted by molar-refractivity contribution is -0.124. The van der Waals surface area contributed by atoms with Gasteiger partial charge in [0.2, 0.25) is 6.34 Å². The molecule has 0 aliphatic carbocycles. The molecule has 4 aromatic rings. The summed E-state index contributed by atoms with van der Waals surface area (Å²) in [6.45, 7) is 0. The van der Waals surface area contributed by atoms with Crippen LogP contribution >= 0.6 is 0 Å². The molecule has 7 N–H and O–H groups in total. The Morgan fingerprint density at radius 2 is 1.94 bits per heavy atom. The topological polar surface area (TPSA) is 142 Å². The van der Waals surface area contributed by atoms with Crippen molar-refractivity contribution in [1.29, 1.82) is 0 Å². The minimum absolute atomic E-state index is 0.299. The van der Waals surface area contributed by atoms with E-state index in [2.05, 4.69) is 20.5 Å². The summed E-state index contributed by atoms with van der Waals surface area (Å²) in [4.78, 5) is 16.4. The Morgan fingerprint density at radius 3 is 2.71 bits per heavy atom. The van der Waals surface area contributed by atoms with Gasteiger partial charge in [-0.1, -0.05) is 42.5 Å². The van der Waals surface area contributed by atoms with Gasteiger partial charge in [-0.05, 0) is 40.9 Å². The number of hydrogen-bond donors (Lipinski definition) is 5. The SMILES string of the molecule is NC=NC(=[NH2+])c1ccc2[nH]nc(-c3cccc(NC(=O)C(O)c4ccccc4)c3)c2c1. The van der Waals surface area contributed by atoms with Crippen LogP contribution in [-0.4, -0.2) is 33.4 Å². The molecule has 0 saturated heterocycles. The highest BCUT2D eigenvalue weighted by molar-refractivity contribution is 6.04. The largest absolute Gasteiger partial charge is 0.378 e. The molecule has 1 atom stereocenters. The van der Waals surface area contributed by atoms with E-state index in [1.165, 1.54) is 0 Å². The van der Waals surface area contributed by atoms with E-state index in [1.54, 1.807) is 36.4 Å². The first kappa shape index (κ1) is 20.0. The van der Waals surface area contributed by atoms with Gasteiger partial charge < -0.3 is 16.2 Å². The minimum Gasteiger partial charge on any atom is -0.378 e. The second-order valence-electron chi connectivity index (χ2n) is 6.88. The van der Waals surface area contributed by atoms with E-state index in [0.29, 0.717) is 28.3 Å². The van der Waals surface area contributed by atoms with Crippen molar-refractivity contribution in [2.24, 2.45) is 10.7 Å². The van der Waals surface area contributed by atoms with Gasteiger partial charge in [0.05, 0.1) is 16.8 Å². The zero-order valence-corrected chi connectivity index (χ0v) is 16.5. The number of carbonyl (C=O) groups is 1. The molecule has 0 fully saturated rings. The zero-order valence-electron chi connectivity index (χ0n) is 16.5. The van der Waals surface area contributed by atoms with Crippen LogP contribution in [0.25, 0.3) is 22.2 Å². The molecule has 1 unspecified atom stereocenters. The van der Waals surface area contributed by atoms with Crippen LogP contribution in [0.15, 0.2) is 77.8 Å². The Balaban J connectivity index is 1.62. The Morgan fingerprint density at radius 1 is 1.13 bits per heavy atom. The van der Waals surface area contributed by atoms with E-state index in [1.807, 2.05) is 36.4 Å². The Kier molecular flexibility index (Phi) is 5.55. The molecular weight excluding hydrogens is 392 g/mol. The Hall–Kier alpha value is -4.30. The first-order valence-electron chi connectivity index (χ1n) is 9.56. The molecule has 8 heteroatoms. The van der Waals surface area contributed by atoms with Crippen molar-refractivity contribution in [3.8, 4) is 11.3 Å². The lowest BCUT2D eigenvalue weighted by Gasteiger charge is -2.12. The van der Waals surface area contributed by atoms with E-state index in [9.17, 15) is 9.90 Å². The van der Waals surface area contributed by atoms with E-state index in [-0.39, 0.29) is 0 Å². The van der Waals surface area contributed by atoms with E-state index in [0.717, 1.165) is 22.8 Å². The Bertz CT molecular complexity index is 1280. The van der Waals surface area contributed by atoms with Crippen molar-refractivity contribution in [1.82, 2.24) is 10.2 Å². The maximum atomic E-state index is 12.5. The fraction of sp³-hybridized carbons (Fsp3) is 0.0435. The molecule has 0 bridgehead atoms. The maximum absolute atomic E-state index is 12.5. The van der Waals surface area contributed by atoms with Gasteiger partial charge in [0, 0.05) is 16.6 Å². The summed E-state index contributed by atoms with van der Waals surface area (Å²) in [6.07, 6.45) is -0.119. The number of H-pyrrole nitrogens is 1. The molecule has 0 aliphatic rings. The number of aliphatic imine (C=N–C) groups is 1. The first-order valence-corrected chi connectivity index (χ1v) is 9.56. The van der Waals surface area contributed by atoms with Crippen LogP contribution in [0.4, 0.5) is 5.69 Å². The number of fused-ring (bicyclic) bond motifs is 1. The molecule has 0 saturated carbocycles. The summed E-state index contributed by atoms with van der Waals surface area (Å²) in [5.74, 6) is -0.216. The predicted molar refractivity (Wildman–Crippen MR) is 120 cm³/mol. The average Bonchev–Trinajstić information content (AvgIpc) is 3.23. The average molecular weight is 413 g/mol. The van der Waals surface area contributed by atoms with Gasteiger partial charge >= 0.3 is 5.84 Å². The highest BCUT2D eigenvalue weighted by Crippen LogP contribution is 2.29. The number of anilines is 1. The standard InChI is InChI=1S/C23H20N6O2/c24-13-26-22(25)16-9-10-19-18(12-16)20(29-28-19)15-7-4-8-17(11-15)27-23(31)21(30)14-5-2-1-3-6-14/h1-13,21,30H,(H,27,31)(H,28,29)(H3,24,25,26)/p+1. The van der Waals surface area contributed by atoms with Crippen LogP contribution in [0.1, 0.15) is 17.2 Å². The summed E-state index contributed by atoms with van der Waals surface area (Å²) in [5, 5.41) is 27.3. The lowest BCUT2D eigenvalue weighted by atomic mass is 10.0. The number of hydrogen-bond acceptors (Lipinski definition) is 3. The number of amides is 1. The second kappa shape index (κ2) is 8.60. The number of rotatable bonds is 5. The third-order valence-corrected chi connectivity index (χ3v) is 4.84. The van der Waals surface area contributed by atoms with Gasteiger partial charge in [-0.15, -0.1) is 0 Å². The fourth-order valence-corrected chi connectivity index (χ4v) is 3.29. The van der Waals surface area contributed by atoms with Crippen LogP contribution < -0.4 is 16.5 Å². The van der Waals surface area contributed by atoms with Crippen molar-refractivity contribution in [3.05, 3.63) is 83.9 Å². The number of aromatic amines is 1. The number of amidine groups is 1. The number of aliphatic hydroxyl groups is 1. The van der Waals surface area contributed by atoms with Crippen molar-refractivity contribution >= 4 is 34.7 Å². The number of aromatic nitrogens is 2. The molecular formula is C23H21N6O2+. The summed E-state index contributed by atoms with van der Waals surface area (Å²) in [7, 11) is 0. The minimum atomic E-state index is -1.26. The molecule has 0 aliphatic heterocycles. The van der Waals surface area contributed by atoms with Crippen molar-refractivity contribution in [2.75, 3.05) is 5.32 Å². The van der Waals surface area contributed by atoms with Crippen molar-refractivity contribution in [2.45, 2.75) is 6.10 Å². The molecule has 31 heavy (non-hydrogen) atoms. The van der Waals surface area contributed by atoms with Crippen LogP contribution in [0.3, 0.4) is 0 Å². The van der Waals surface area contributed by atoms with Gasteiger partial charge in [0.25, 0.3) is 5.91 Å². The number of aliphatic hydroxyl groups excluding tert-OH is 1. The molecule has 1 heterocycles. The van der Waals surface area contributed by atoms with E-state index in [4.69, 9.17) is 11.1 Å². The molecule has 3 aromatic carbocycles. The number of carbonyl (C=O) groups excluding carboxylic acids is 1. The van der Waals surface area contributed by atoms with Gasteiger partial charge in [-0.2, -0.15) is 5.10 Å². The summed E-state index contributed by atoms with van der Waals surface area (Å²) in [6, 6.07) is 21.6. The number of nitrogens with one attached hydrogen (secondary N) is 2. The smallest absolute Gasteiger partial charge is 0.323 e. The monoisotopic (exact) mass is 413 g/mol.